The van der Waals surface area contributed by atoms with Crippen molar-refractivity contribution in [1.29, 1.82) is 0 Å². The molecule has 192 valence electrons. The molecular formula is C33H32N2O3. The zero-order chi connectivity index (χ0) is 26.4. The maximum absolute atomic E-state index is 13.3. The van der Waals surface area contributed by atoms with Crippen molar-refractivity contribution in [2.24, 2.45) is 0 Å². The number of para-hydroxylation sites is 1. The Bertz CT molecular complexity index is 1530. The molecule has 38 heavy (non-hydrogen) atoms. The normalized spacial score (nSPS) is 16.9. The second-order valence-electron chi connectivity index (χ2n) is 10.3. The second-order valence-corrected chi connectivity index (χ2v) is 10.3. The predicted molar refractivity (Wildman–Crippen MR) is 152 cm³/mol. The van der Waals surface area contributed by atoms with E-state index in [-0.39, 0.29) is 5.97 Å². The lowest BCUT2D eigenvalue weighted by Crippen LogP contribution is -2.34. The van der Waals surface area contributed by atoms with Gasteiger partial charge in [-0.1, -0.05) is 43.3 Å². The predicted octanol–water partition coefficient (Wildman–Crippen LogP) is 7.93. The standard InChI is InChI=1S/C33H32N2O3/c1-5-17-35(21(2)3)24-15-16-27-31(19-24)37-30-18-22(4)29(34-23-11-7-6-8-12-23)20-28(30)33(27)26-14-10-9-13-25(26)32(36)38-33/h6-16,18-21,34H,5,17H2,1-4H3. The fraction of sp³-hybridized carbons (Fsp3) is 0.242. The molecule has 1 unspecified atom stereocenters. The van der Waals surface area contributed by atoms with Crippen molar-refractivity contribution < 1.29 is 14.3 Å². The number of anilines is 3. The van der Waals surface area contributed by atoms with Crippen LogP contribution in [0.25, 0.3) is 0 Å². The Kier molecular flexibility index (Phi) is 5.87. The summed E-state index contributed by atoms with van der Waals surface area (Å²) in [6.07, 6.45) is 1.05. The molecule has 4 aromatic carbocycles. The number of hydrogen-bond donors (Lipinski definition) is 1. The number of carbonyl (C=O) groups is 1. The number of fused-ring (bicyclic) bond motifs is 6. The Labute approximate surface area is 224 Å². The Morgan fingerprint density at radius 2 is 1.61 bits per heavy atom. The van der Waals surface area contributed by atoms with Crippen LogP contribution in [0.15, 0.2) is 84.9 Å². The van der Waals surface area contributed by atoms with E-state index in [9.17, 15) is 4.79 Å². The minimum absolute atomic E-state index is 0.323. The van der Waals surface area contributed by atoms with Crippen molar-refractivity contribution in [2.45, 2.75) is 45.8 Å². The van der Waals surface area contributed by atoms with Crippen LogP contribution in [0.4, 0.5) is 17.1 Å². The summed E-state index contributed by atoms with van der Waals surface area (Å²) < 4.78 is 13.0. The largest absolute Gasteiger partial charge is 0.456 e. The Balaban J connectivity index is 1.56. The first-order chi connectivity index (χ1) is 18.4. The van der Waals surface area contributed by atoms with E-state index in [1.54, 1.807) is 0 Å². The molecule has 1 atom stereocenters. The quantitative estimate of drug-likeness (QED) is 0.270. The maximum Gasteiger partial charge on any atom is 0.340 e. The van der Waals surface area contributed by atoms with E-state index in [2.05, 4.69) is 62.2 Å². The molecule has 0 saturated carbocycles. The molecule has 2 heterocycles. The summed E-state index contributed by atoms with van der Waals surface area (Å²) in [7, 11) is 0. The zero-order valence-corrected chi connectivity index (χ0v) is 22.2. The highest BCUT2D eigenvalue weighted by Crippen LogP contribution is 2.57. The molecule has 0 fully saturated rings. The first-order valence-electron chi connectivity index (χ1n) is 13.3. The Morgan fingerprint density at radius 1 is 0.868 bits per heavy atom. The lowest BCUT2D eigenvalue weighted by Gasteiger charge is -2.38. The third-order valence-electron chi connectivity index (χ3n) is 7.51. The van der Waals surface area contributed by atoms with Gasteiger partial charge >= 0.3 is 5.97 Å². The summed E-state index contributed by atoms with van der Waals surface area (Å²) in [6.45, 7) is 9.60. The average Bonchev–Trinajstić information content (AvgIpc) is 3.21. The van der Waals surface area contributed by atoms with Gasteiger partial charge < -0.3 is 19.7 Å². The van der Waals surface area contributed by atoms with Gasteiger partial charge in [-0.15, -0.1) is 0 Å². The van der Waals surface area contributed by atoms with Crippen LogP contribution in [0.2, 0.25) is 0 Å². The fourth-order valence-corrected chi connectivity index (χ4v) is 5.72. The molecule has 0 aliphatic carbocycles. The van der Waals surface area contributed by atoms with Crippen LogP contribution in [-0.4, -0.2) is 18.6 Å². The molecular weight excluding hydrogens is 472 g/mol. The smallest absolute Gasteiger partial charge is 0.340 e. The molecule has 1 spiro atoms. The molecule has 0 aromatic heterocycles. The molecule has 5 nitrogen and oxygen atoms in total. The number of carbonyl (C=O) groups excluding carboxylic acids is 1. The number of rotatable bonds is 6. The fourth-order valence-electron chi connectivity index (χ4n) is 5.72. The molecule has 0 amide bonds. The minimum atomic E-state index is -1.09. The molecule has 2 aliphatic rings. The van der Waals surface area contributed by atoms with Crippen molar-refractivity contribution >= 4 is 23.0 Å². The van der Waals surface area contributed by atoms with Crippen LogP contribution in [-0.2, 0) is 10.3 Å². The third kappa shape index (κ3) is 3.73. The average molecular weight is 505 g/mol. The number of ether oxygens (including phenoxy) is 2. The lowest BCUT2D eigenvalue weighted by molar-refractivity contribution is 0.0224. The van der Waals surface area contributed by atoms with Gasteiger partial charge in [-0.05, 0) is 75.2 Å². The number of aryl methyl sites for hydroxylation is 1. The van der Waals surface area contributed by atoms with Crippen LogP contribution in [0.1, 0.15) is 59.8 Å². The van der Waals surface area contributed by atoms with Gasteiger partial charge in [0.1, 0.15) is 11.5 Å². The number of esters is 1. The lowest BCUT2D eigenvalue weighted by atomic mass is 9.77. The zero-order valence-electron chi connectivity index (χ0n) is 22.2. The van der Waals surface area contributed by atoms with Crippen LogP contribution in [0, 0.1) is 6.92 Å². The van der Waals surface area contributed by atoms with Crippen LogP contribution < -0.4 is 15.0 Å². The summed E-state index contributed by atoms with van der Waals surface area (Å²) >= 11 is 0. The van der Waals surface area contributed by atoms with Gasteiger partial charge in [-0.3, -0.25) is 0 Å². The molecule has 0 saturated heterocycles. The Morgan fingerprint density at radius 3 is 2.37 bits per heavy atom. The molecule has 2 aliphatic heterocycles. The highest BCUT2D eigenvalue weighted by molar-refractivity contribution is 5.97. The maximum atomic E-state index is 13.3. The first-order valence-corrected chi connectivity index (χ1v) is 13.3. The van der Waals surface area contributed by atoms with E-state index in [0.29, 0.717) is 23.1 Å². The van der Waals surface area contributed by atoms with E-state index in [0.717, 1.165) is 52.3 Å². The summed E-state index contributed by atoms with van der Waals surface area (Å²) in [4.78, 5) is 15.6. The topological polar surface area (TPSA) is 50.8 Å². The molecule has 4 aromatic rings. The SMILES string of the molecule is CCCN(c1ccc2c(c1)Oc1cc(C)c(Nc3ccccc3)cc1C21OC(=O)c2ccccc21)C(C)C. The summed E-state index contributed by atoms with van der Waals surface area (Å²) in [5.41, 5.74) is 6.04. The van der Waals surface area contributed by atoms with E-state index < -0.39 is 5.60 Å². The van der Waals surface area contributed by atoms with Crippen molar-refractivity contribution in [3.8, 4) is 11.5 Å². The van der Waals surface area contributed by atoms with E-state index in [4.69, 9.17) is 9.47 Å². The molecule has 6 rings (SSSR count). The minimum Gasteiger partial charge on any atom is -0.456 e. The first kappa shape index (κ1) is 24.1. The van der Waals surface area contributed by atoms with Gasteiger partial charge in [-0.2, -0.15) is 0 Å². The van der Waals surface area contributed by atoms with Crippen LogP contribution >= 0.6 is 0 Å². The van der Waals surface area contributed by atoms with Crippen molar-refractivity contribution in [2.75, 3.05) is 16.8 Å². The monoisotopic (exact) mass is 504 g/mol. The van der Waals surface area contributed by atoms with E-state index in [1.807, 2.05) is 60.7 Å². The Hall–Kier alpha value is -4.25. The van der Waals surface area contributed by atoms with E-state index in [1.165, 1.54) is 0 Å². The summed E-state index contributed by atoms with van der Waals surface area (Å²) in [5, 5.41) is 3.54. The third-order valence-corrected chi connectivity index (χ3v) is 7.51. The van der Waals surface area contributed by atoms with Gasteiger partial charge in [0.05, 0.1) is 5.56 Å². The molecule has 5 heteroatoms. The van der Waals surface area contributed by atoms with Crippen molar-refractivity contribution in [3.05, 3.63) is 113 Å². The van der Waals surface area contributed by atoms with E-state index >= 15 is 0 Å². The van der Waals surface area contributed by atoms with Crippen LogP contribution in [0.5, 0.6) is 11.5 Å². The van der Waals surface area contributed by atoms with Crippen LogP contribution in [0.3, 0.4) is 0 Å². The van der Waals surface area contributed by atoms with Gasteiger partial charge in [0, 0.05) is 52.4 Å². The highest BCUT2D eigenvalue weighted by Gasteiger charge is 2.53. The number of nitrogens with zero attached hydrogens (tertiary/aromatic N) is 1. The van der Waals surface area contributed by atoms with Crippen molar-refractivity contribution in [3.63, 3.8) is 0 Å². The second kappa shape index (κ2) is 9.25. The van der Waals surface area contributed by atoms with Gasteiger partial charge in [0.25, 0.3) is 0 Å². The van der Waals surface area contributed by atoms with Gasteiger partial charge in [0.15, 0.2) is 5.60 Å². The van der Waals surface area contributed by atoms with Crippen molar-refractivity contribution in [1.82, 2.24) is 0 Å². The van der Waals surface area contributed by atoms with Gasteiger partial charge in [-0.25, -0.2) is 4.79 Å². The molecule has 0 bridgehead atoms. The summed E-state index contributed by atoms with van der Waals surface area (Å²) in [5.74, 6) is 1.09. The number of nitrogens with one attached hydrogen (secondary N) is 1. The molecule has 0 radical (unpaired) electrons. The highest BCUT2D eigenvalue weighted by atomic mass is 16.6. The van der Waals surface area contributed by atoms with Gasteiger partial charge in [0.2, 0.25) is 0 Å². The molecule has 1 N–H and O–H groups in total. The summed E-state index contributed by atoms with van der Waals surface area (Å²) in [6, 6.07) is 28.5. The number of hydrogen-bond acceptors (Lipinski definition) is 5. The number of benzene rings is 4.